The molecular weight excluding hydrogens is 518 g/mol. The van der Waals surface area contributed by atoms with Crippen LogP contribution in [-0.4, -0.2) is 43.6 Å². The van der Waals surface area contributed by atoms with Crippen LogP contribution in [0.15, 0.2) is 92.6 Å². The van der Waals surface area contributed by atoms with E-state index in [4.69, 9.17) is 4.98 Å². The van der Waals surface area contributed by atoms with Gasteiger partial charge in [-0.1, -0.05) is 48.5 Å². The van der Waals surface area contributed by atoms with Crippen LogP contribution in [0.4, 0.5) is 10.8 Å². The summed E-state index contributed by atoms with van der Waals surface area (Å²) in [5, 5.41) is 16.6. The van der Waals surface area contributed by atoms with Crippen molar-refractivity contribution in [1.29, 1.82) is 0 Å². The molecule has 0 spiro atoms. The first-order valence-corrected chi connectivity index (χ1v) is 13.9. The van der Waals surface area contributed by atoms with Gasteiger partial charge in [-0.25, -0.2) is 9.97 Å². The Morgan fingerprint density at radius 3 is 2.42 bits per heavy atom. The number of hydrogen-bond acceptors (Lipinski definition) is 8. The molecule has 0 atom stereocenters. The van der Waals surface area contributed by atoms with E-state index in [1.807, 2.05) is 76.3 Å². The number of likely N-dealkylation sites (tertiary alicyclic amines) is 1. The number of carbonyl (C=O) groups is 1. The average molecular weight is 542 g/mol. The molecule has 1 amide bonds. The van der Waals surface area contributed by atoms with Crippen LogP contribution in [0.25, 0.3) is 16.4 Å². The first-order chi connectivity index (χ1) is 18.7. The Morgan fingerprint density at radius 1 is 0.974 bits per heavy atom. The smallest absolute Gasteiger partial charge is 0.301 e. The Kier molecular flexibility index (Phi) is 6.76. The minimum Gasteiger partial charge on any atom is -0.339 e. The summed E-state index contributed by atoms with van der Waals surface area (Å²) in [4.78, 5) is 37.2. The number of piperidine rings is 1. The molecule has 6 rings (SSSR count). The van der Waals surface area contributed by atoms with E-state index < -0.39 is 0 Å². The third kappa shape index (κ3) is 4.85. The number of nitrogens with zero attached hydrogens (tertiary/aromatic N) is 6. The number of hydrogen-bond donors (Lipinski definition) is 1. The monoisotopic (exact) mass is 541 g/mol. The summed E-state index contributed by atoms with van der Waals surface area (Å²) in [7, 11) is 0. The van der Waals surface area contributed by atoms with Gasteiger partial charge in [0, 0.05) is 47.1 Å². The van der Waals surface area contributed by atoms with Gasteiger partial charge in [0.25, 0.3) is 5.91 Å². The number of azo groups is 1. The van der Waals surface area contributed by atoms with Gasteiger partial charge in [-0.05, 0) is 25.0 Å². The Labute approximate surface area is 226 Å². The molecule has 0 unspecified atom stereocenters. The molecule has 0 aliphatic carbocycles. The molecule has 2 aromatic carbocycles. The zero-order chi connectivity index (χ0) is 25.9. The van der Waals surface area contributed by atoms with Crippen molar-refractivity contribution in [3.8, 4) is 16.4 Å². The van der Waals surface area contributed by atoms with E-state index in [1.165, 1.54) is 27.4 Å². The minimum atomic E-state index is -0.308. The van der Waals surface area contributed by atoms with Crippen LogP contribution in [-0.2, 0) is 0 Å². The summed E-state index contributed by atoms with van der Waals surface area (Å²) >= 11 is 2.73. The molecule has 0 bridgehead atoms. The van der Waals surface area contributed by atoms with E-state index in [0.717, 1.165) is 11.3 Å². The van der Waals surface area contributed by atoms with Crippen LogP contribution in [0.3, 0.4) is 0 Å². The molecule has 0 saturated carbocycles. The molecule has 3 aromatic heterocycles. The predicted molar refractivity (Wildman–Crippen MR) is 148 cm³/mol. The fourth-order valence-electron chi connectivity index (χ4n) is 4.56. The zero-order valence-electron chi connectivity index (χ0n) is 20.2. The fraction of sp³-hybridized carbons (Fsp3) is 0.185. The van der Waals surface area contributed by atoms with Gasteiger partial charge >= 0.3 is 5.56 Å². The van der Waals surface area contributed by atoms with E-state index in [2.05, 4.69) is 20.3 Å². The van der Waals surface area contributed by atoms with Crippen molar-refractivity contribution in [2.45, 2.75) is 18.8 Å². The molecular formula is C27H23N7O2S2. The molecule has 9 nitrogen and oxygen atoms in total. The molecule has 11 heteroatoms. The number of thiazole rings is 2. The molecule has 1 saturated heterocycles. The highest BCUT2D eigenvalue weighted by Gasteiger charge is 2.29. The maximum Gasteiger partial charge on any atom is 0.301 e. The maximum absolute atomic E-state index is 13.6. The van der Waals surface area contributed by atoms with Crippen molar-refractivity contribution < 1.29 is 4.79 Å². The van der Waals surface area contributed by atoms with Crippen molar-refractivity contribution in [1.82, 2.24) is 24.6 Å². The number of H-pyrrole nitrogens is 1. The zero-order valence-corrected chi connectivity index (χ0v) is 21.9. The van der Waals surface area contributed by atoms with Gasteiger partial charge in [-0.3, -0.25) is 14.7 Å². The third-order valence-corrected chi connectivity index (χ3v) is 7.99. The van der Waals surface area contributed by atoms with E-state index >= 15 is 0 Å². The summed E-state index contributed by atoms with van der Waals surface area (Å²) in [6.45, 7) is 1.17. The Bertz CT molecular complexity index is 1610. The number of carbonyl (C=O) groups excluding carboxylic acids is 1. The van der Waals surface area contributed by atoms with Crippen LogP contribution in [0, 0.1) is 0 Å². The molecule has 1 N–H and O–H groups in total. The van der Waals surface area contributed by atoms with E-state index in [9.17, 15) is 9.59 Å². The molecule has 0 radical (unpaired) electrons. The lowest BCUT2D eigenvalue weighted by atomic mass is 9.92. The van der Waals surface area contributed by atoms with Crippen LogP contribution in [0.2, 0.25) is 0 Å². The van der Waals surface area contributed by atoms with Crippen LogP contribution in [0.1, 0.15) is 34.8 Å². The van der Waals surface area contributed by atoms with Crippen molar-refractivity contribution >= 4 is 39.4 Å². The quantitative estimate of drug-likeness (QED) is 0.259. The lowest BCUT2D eigenvalue weighted by molar-refractivity contribution is 0.0712. The number of benzene rings is 2. The molecule has 5 aromatic rings. The summed E-state index contributed by atoms with van der Waals surface area (Å²) in [5.41, 5.74) is 3.11. The number of aromatic nitrogens is 4. The van der Waals surface area contributed by atoms with Gasteiger partial charge in [0.05, 0.1) is 11.4 Å². The standard InChI is InChI=1S/C27H23N7O2S2/c35-24(20-9-5-2-6-10-20)33-14-11-19(12-15-33)22-23(30-31-26-28-13-16-37-26)25(36)34(32-22)27-29-21(17-38-27)18-7-3-1-4-8-18/h1-10,13,16-17,19,32H,11-12,14-15H2. The Hall–Kier alpha value is -4.22. The summed E-state index contributed by atoms with van der Waals surface area (Å²) in [6.07, 6.45) is 3.05. The van der Waals surface area contributed by atoms with Crippen LogP contribution in [0.5, 0.6) is 0 Å². The Morgan fingerprint density at radius 2 is 1.71 bits per heavy atom. The lowest BCUT2D eigenvalue weighted by Crippen LogP contribution is -2.38. The molecule has 4 heterocycles. The summed E-state index contributed by atoms with van der Waals surface area (Å²) < 4.78 is 1.45. The van der Waals surface area contributed by atoms with Crippen molar-refractivity contribution in [3.05, 3.63) is 99.2 Å². The minimum absolute atomic E-state index is 0.0163. The average Bonchev–Trinajstić information content (AvgIpc) is 3.74. The fourth-order valence-corrected chi connectivity index (χ4v) is 5.81. The first kappa shape index (κ1) is 24.1. The topological polar surface area (TPSA) is 109 Å². The number of aromatic amines is 1. The number of nitrogens with one attached hydrogen (secondary N) is 1. The lowest BCUT2D eigenvalue weighted by Gasteiger charge is -2.31. The van der Waals surface area contributed by atoms with Gasteiger partial charge in [0.1, 0.15) is 0 Å². The van der Waals surface area contributed by atoms with Gasteiger partial charge in [-0.2, -0.15) is 4.68 Å². The van der Waals surface area contributed by atoms with Crippen LogP contribution < -0.4 is 5.56 Å². The van der Waals surface area contributed by atoms with E-state index in [-0.39, 0.29) is 23.1 Å². The van der Waals surface area contributed by atoms with E-state index in [1.54, 1.807) is 6.20 Å². The highest BCUT2D eigenvalue weighted by Crippen LogP contribution is 2.34. The van der Waals surface area contributed by atoms with E-state index in [0.29, 0.717) is 47.5 Å². The molecule has 38 heavy (non-hydrogen) atoms. The van der Waals surface area contributed by atoms with Crippen molar-refractivity contribution in [3.63, 3.8) is 0 Å². The SMILES string of the molecule is O=C(c1ccccc1)N1CCC(c2[nH]n(-c3nc(-c4ccccc4)cs3)c(=O)c2N=Nc2nccs2)CC1. The summed E-state index contributed by atoms with van der Waals surface area (Å²) in [6, 6.07) is 19.2. The number of rotatable bonds is 6. The second-order valence-electron chi connectivity index (χ2n) is 8.84. The predicted octanol–water partition coefficient (Wildman–Crippen LogP) is 6.18. The first-order valence-electron chi connectivity index (χ1n) is 12.2. The summed E-state index contributed by atoms with van der Waals surface area (Å²) in [5.74, 6) is 0.0394. The third-order valence-electron chi connectivity index (χ3n) is 6.51. The van der Waals surface area contributed by atoms with Gasteiger partial charge in [0.2, 0.25) is 10.3 Å². The molecule has 1 aliphatic rings. The number of amides is 1. The largest absolute Gasteiger partial charge is 0.339 e. The van der Waals surface area contributed by atoms with Crippen molar-refractivity contribution in [2.24, 2.45) is 10.2 Å². The molecule has 1 fully saturated rings. The second-order valence-corrected chi connectivity index (χ2v) is 10.6. The van der Waals surface area contributed by atoms with Crippen molar-refractivity contribution in [2.75, 3.05) is 13.1 Å². The maximum atomic E-state index is 13.6. The molecule has 1 aliphatic heterocycles. The van der Waals surface area contributed by atoms with Gasteiger partial charge in [0.15, 0.2) is 5.69 Å². The molecule has 190 valence electrons. The Balaban J connectivity index is 1.30. The highest BCUT2D eigenvalue weighted by molar-refractivity contribution is 7.13. The van der Waals surface area contributed by atoms with Gasteiger partial charge < -0.3 is 4.90 Å². The van der Waals surface area contributed by atoms with Crippen LogP contribution >= 0.6 is 22.7 Å². The normalized spacial score (nSPS) is 14.4. The highest BCUT2D eigenvalue weighted by atomic mass is 32.1. The second kappa shape index (κ2) is 10.6. The van der Waals surface area contributed by atoms with Gasteiger partial charge in [-0.15, -0.1) is 32.9 Å².